The summed E-state index contributed by atoms with van der Waals surface area (Å²) < 4.78 is 6.08. The van der Waals surface area contributed by atoms with E-state index < -0.39 is 0 Å². The van der Waals surface area contributed by atoms with E-state index in [1.165, 1.54) is 0 Å². The Morgan fingerprint density at radius 2 is 2.47 bits per heavy atom. The van der Waals surface area contributed by atoms with Crippen LogP contribution in [0.5, 0.6) is 0 Å². The Balaban J connectivity index is 2.42. The first-order chi connectivity index (χ1) is 7.13. The highest BCUT2D eigenvalue weighted by Gasteiger charge is 2.10. The molecule has 1 atom stereocenters. The zero-order valence-corrected chi connectivity index (χ0v) is 11.7. The maximum absolute atomic E-state index is 11.7. The molecule has 1 aromatic rings. The lowest BCUT2D eigenvalue weighted by molar-refractivity contribution is 0.0930. The Labute approximate surface area is 107 Å². The number of amides is 1. The lowest BCUT2D eigenvalue weighted by Crippen LogP contribution is -2.33. The van der Waals surface area contributed by atoms with Gasteiger partial charge >= 0.3 is 0 Å². The highest BCUT2D eigenvalue weighted by Crippen LogP contribution is 2.16. The standard InChI is InChI=1S/C10H14INO2S/c1-7(3-4-14-2)12-10(13)8-5-9(11)15-6-8/h5-7H,3-4H2,1-2H3,(H,12,13). The maximum atomic E-state index is 11.7. The van der Waals surface area contributed by atoms with Crippen molar-refractivity contribution in [2.24, 2.45) is 0 Å². The van der Waals surface area contributed by atoms with Gasteiger partial charge in [0.05, 0.1) is 8.45 Å². The zero-order valence-electron chi connectivity index (χ0n) is 8.75. The molecule has 84 valence electrons. The third kappa shape index (κ3) is 4.48. The summed E-state index contributed by atoms with van der Waals surface area (Å²) in [6.45, 7) is 2.65. The van der Waals surface area contributed by atoms with E-state index in [9.17, 15) is 4.79 Å². The van der Waals surface area contributed by atoms with Gasteiger partial charge in [0.15, 0.2) is 0 Å². The largest absolute Gasteiger partial charge is 0.385 e. The molecule has 0 bridgehead atoms. The van der Waals surface area contributed by atoms with E-state index in [4.69, 9.17) is 4.74 Å². The van der Waals surface area contributed by atoms with Gasteiger partial charge in [0.1, 0.15) is 0 Å². The van der Waals surface area contributed by atoms with Crippen molar-refractivity contribution in [3.05, 3.63) is 19.9 Å². The Hall–Kier alpha value is -0.140. The molecule has 0 aliphatic carbocycles. The van der Waals surface area contributed by atoms with Crippen LogP contribution in [0.25, 0.3) is 0 Å². The van der Waals surface area contributed by atoms with Crippen LogP contribution in [0.3, 0.4) is 0 Å². The van der Waals surface area contributed by atoms with Crippen LogP contribution in [0, 0.1) is 2.88 Å². The molecule has 0 aromatic carbocycles. The zero-order chi connectivity index (χ0) is 11.3. The summed E-state index contributed by atoms with van der Waals surface area (Å²) in [6, 6.07) is 2.04. The van der Waals surface area contributed by atoms with Crippen LogP contribution in [0.15, 0.2) is 11.4 Å². The second-order valence-electron chi connectivity index (χ2n) is 3.30. The molecule has 0 aliphatic rings. The first-order valence-corrected chi connectivity index (χ1v) is 6.63. The number of hydrogen-bond acceptors (Lipinski definition) is 3. The lowest BCUT2D eigenvalue weighted by atomic mass is 10.2. The Bertz CT molecular complexity index is 327. The van der Waals surface area contributed by atoms with E-state index in [0.29, 0.717) is 6.61 Å². The van der Waals surface area contributed by atoms with Gasteiger partial charge in [0.25, 0.3) is 5.91 Å². The fourth-order valence-electron chi connectivity index (χ4n) is 1.10. The Morgan fingerprint density at radius 3 is 3.00 bits per heavy atom. The van der Waals surface area contributed by atoms with Gasteiger partial charge in [0.2, 0.25) is 0 Å². The molecule has 1 unspecified atom stereocenters. The number of ether oxygens (including phenoxy) is 1. The summed E-state index contributed by atoms with van der Waals surface area (Å²) in [7, 11) is 1.66. The molecule has 1 N–H and O–H groups in total. The molecule has 1 heterocycles. The smallest absolute Gasteiger partial charge is 0.252 e. The number of thiophene rings is 1. The van der Waals surface area contributed by atoms with Crippen LogP contribution < -0.4 is 5.32 Å². The summed E-state index contributed by atoms with van der Waals surface area (Å²) in [5.41, 5.74) is 0.744. The molecule has 1 rings (SSSR count). The van der Waals surface area contributed by atoms with Gasteiger partial charge in [-0.05, 0) is 42.0 Å². The number of carbonyl (C=O) groups is 1. The lowest BCUT2D eigenvalue weighted by Gasteiger charge is -2.12. The molecule has 15 heavy (non-hydrogen) atoms. The van der Waals surface area contributed by atoms with Crippen molar-refractivity contribution in [3.8, 4) is 0 Å². The van der Waals surface area contributed by atoms with E-state index in [-0.39, 0.29) is 11.9 Å². The van der Waals surface area contributed by atoms with Crippen molar-refractivity contribution in [1.82, 2.24) is 5.32 Å². The van der Waals surface area contributed by atoms with Crippen molar-refractivity contribution in [3.63, 3.8) is 0 Å². The Morgan fingerprint density at radius 1 is 1.73 bits per heavy atom. The van der Waals surface area contributed by atoms with E-state index in [0.717, 1.165) is 14.9 Å². The van der Waals surface area contributed by atoms with Crippen molar-refractivity contribution in [2.45, 2.75) is 19.4 Å². The van der Waals surface area contributed by atoms with Crippen LogP contribution in [-0.4, -0.2) is 25.7 Å². The summed E-state index contributed by atoms with van der Waals surface area (Å²) in [5.74, 6) is -0.00207. The van der Waals surface area contributed by atoms with Crippen LogP contribution in [0.4, 0.5) is 0 Å². The maximum Gasteiger partial charge on any atom is 0.252 e. The van der Waals surface area contributed by atoms with Gasteiger partial charge in [0, 0.05) is 25.1 Å². The van der Waals surface area contributed by atoms with Crippen LogP contribution >= 0.6 is 33.9 Å². The fourth-order valence-corrected chi connectivity index (χ4v) is 2.43. The van der Waals surface area contributed by atoms with Crippen molar-refractivity contribution >= 4 is 39.8 Å². The van der Waals surface area contributed by atoms with Gasteiger partial charge in [-0.3, -0.25) is 4.79 Å². The molecule has 3 nitrogen and oxygen atoms in total. The predicted octanol–water partition coefficient (Wildman–Crippen LogP) is 2.51. The van der Waals surface area contributed by atoms with Crippen molar-refractivity contribution < 1.29 is 9.53 Å². The van der Waals surface area contributed by atoms with E-state index in [1.807, 2.05) is 18.4 Å². The minimum atomic E-state index is -0.00207. The topological polar surface area (TPSA) is 38.3 Å². The predicted molar refractivity (Wildman–Crippen MR) is 70.5 cm³/mol. The molecular formula is C10H14INO2S. The molecule has 0 radical (unpaired) electrons. The molecule has 0 saturated carbocycles. The third-order valence-corrected chi connectivity index (χ3v) is 3.75. The molecule has 1 amide bonds. The van der Waals surface area contributed by atoms with Gasteiger partial charge < -0.3 is 10.1 Å². The summed E-state index contributed by atoms with van der Waals surface area (Å²) in [5, 5.41) is 4.80. The average molecular weight is 339 g/mol. The third-order valence-electron chi connectivity index (χ3n) is 1.96. The second kappa shape index (κ2) is 6.44. The second-order valence-corrected chi connectivity index (χ2v) is 6.10. The van der Waals surface area contributed by atoms with Gasteiger partial charge in [-0.1, -0.05) is 0 Å². The molecule has 0 spiro atoms. The van der Waals surface area contributed by atoms with Gasteiger partial charge in [-0.2, -0.15) is 0 Å². The quantitative estimate of drug-likeness (QED) is 0.838. The first-order valence-electron chi connectivity index (χ1n) is 4.67. The van der Waals surface area contributed by atoms with E-state index in [1.54, 1.807) is 18.4 Å². The minimum Gasteiger partial charge on any atom is -0.385 e. The Kier molecular flexibility index (Phi) is 5.55. The van der Waals surface area contributed by atoms with Crippen molar-refractivity contribution in [1.29, 1.82) is 0 Å². The summed E-state index contributed by atoms with van der Waals surface area (Å²) in [4.78, 5) is 11.7. The normalized spacial score (nSPS) is 12.5. The minimum absolute atomic E-state index is 0.00207. The molecule has 0 saturated heterocycles. The monoisotopic (exact) mass is 339 g/mol. The summed E-state index contributed by atoms with van der Waals surface area (Å²) in [6.07, 6.45) is 0.837. The highest BCUT2D eigenvalue weighted by molar-refractivity contribution is 14.1. The number of methoxy groups -OCH3 is 1. The fraction of sp³-hybridized carbons (Fsp3) is 0.500. The molecule has 5 heteroatoms. The number of rotatable bonds is 5. The highest BCUT2D eigenvalue weighted by atomic mass is 127. The molecule has 0 aliphatic heterocycles. The molecule has 1 aromatic heterocycles. The molecule has 0 fully saturated rings. The van der Waals surface area contributed by atoms with Gasteiger partial charge in [-0.25, -0.2) is 0 Å². The first kappa shape index (κ1) is 12.9. The number of halogens is 1. The number of carbonyl (C=O) groups excluding carboxylic acids is 1. The summed E-state index contributed by atoms with van der Waals surface area (Å²) >= 11 is 3.79. The van der Waals surface area contributed by atoms with Gasteiger partial charge in [-0.15, -0.1) is 11.3 Å². The van der Waals surface area contributed by atoms with E-state index >= 15 is 0 Å². The number of hydrogen-bond donors (Lipinski definition) is 1. The van der Waals surface area contributed by atoms with Crippen LogP contribution in [0.1, 0.15) is 23.7 Å². The SMILES string of the molecule is COCCC(C)NC(=O)c1csc(I)c1. The van der Waals surface area contributed by atoms with Crippen LogP contribution in [0.2, 0.25) is 0 Å². The van der Waals surface area contributed by atoms with Crippen molar-refractivity contribution in [2.75, 3.05) is 13.7 Å². The average Bonchev–Trinajstić information content (AvgIpc) is 2.61. The van der Waals surface area contributed by atoms with Crippen LogP contribution in [-0.2, 0) is 4.74 Å². The van der Waals surface area contributed by atoms with E-state index in [2.05, 4.69) is 27.9 Å². The number of nitrogens with one attached hydrogen (secondary N) is 1. The molecular weight excluding hydrogens is 325 g/mol.